The number of rotatable bonds is 3. The highest BCUT2D eigenvalue weighted by Crippen LogP contribution is 2.15. The molecule has 0 atom stereocenters. The van der Waals surface area contributed by atoms with E-state index in [1.54, 1.807) is 0 Å². The molecule has 0 aliphatic rings. The third-order valence-electron chi connectivity index (χ3n) is 2.48. The Hall–Kier alpha value is -2.77. The maximum absolute atomic E-state index is 13.2. The van der Waals surface area contributed by atoms with Crippen molar-refractivity contribution in [2.45, 2.75) is 0 Å². The first-order chi connectivity index (χ1) is 9.58. The summed E-state index contributed by atoms with van der Waals surface area (Å²) in [6.45, 7) is 0. The number of esters is 2. The average Bonchev–Trinajstić information content (AvgIpc) is 2.90. The number of aromatic nitrogens is 3. The van der Waals surface area contributed by atoms with Gasteiger partial charge in [0.05, 0.1) is 19.9 Å². The number of ether oxygens (including phenoxy) is 2. The molecule has 7 nitrogen and oxygen atoms in total. The van der Waals surface area contributed by atoms with Gasteiger partial charge in [0.15, 0.2) is 5.69 Å². The van der Waals surface area contributed by atoms with E-state index >= 15 is 0 Å². The maximum atomic E-state index is 13.2. The van der Waals surface area contributed by atoms with Crippen LogP contribution in [-0.2, 0) is 9.47 Å². The molecule has 0 amide bonds. The first-order valence-electron chi connectivity index (χ1n) is 5.46. The Kier molecular flexibility index (Phi) is 3.74. The molecule has 20 heavy (non-hydrogen) atoms. The van der Waals surface area contributed by atoms with Gasteiger partial charge in [-0.2, -0.15) is 0 Å². The zero-order valence-electron chi connectivity index (χ0n) is 10.7. The largest absolute Gasteiger partial charge is 0.464 e. The predicted octanol–water partition coefficient (Wildman–Crippen LogP) is 0.980. The lowest BCUT2D eigenvalue weighted by Gasteiger charge is -2.05. The third-order valence-corrected chi connectivity index (χ3v) is 2.48. The predicted molar refractivity (Wildman–Crippen MR) is 64.0 cm³/mol. The van der Waals surface area contributed by atoms with Crippen LogP contribution < -0.4 is 0 Å². The van der Waals surface area contributed by atoms with Crippen LogP contribution in [0.4, 0.5) is 4.39 Å². The Balaban J connectivity index is 2.62. The lowest BCUT2D eigenvalue weighted by molar-refractivity contribution is 0.0546. The monoisotopic (exact) mass is 279 g/mol. The second-order valence-corrected chi connectivity index (χ2v) is 3.66. The third kappa shape index (κ3) is 2.35. The Morgan fingerprint density at radius 3 is 2.50 bits per heavy atom. The quantitative estimate of drug-likeness (QED) is 0.779. The Labute approximate surface area is 112 Å². The second kappa shape index (κ2) is 5.47. The van der Waals surface area contributed by atoms with Crippen LogP contribution in [-0.4, -0.2) is 41.2 Å². The average molecular weight is 279 g/mol. The molecule has 1 heterocycles. The number of hydrogen-bond acceptors (Lipinski definition) is 6. The summed E-state index contributed by atoms with van der Waals surface area (Å²) >= 11 is 0. The standard InChI is InChI=1S/C12H10FN3O4/c1-19-11(17)9-10(12(18)20-2)16(15-14-9)8-5-3-4-7(13)6-8/h3-6H,1-2H3. The van der Waals surface area contributed by atoms with Crippen LogP contribution in [0.1, 0.15) is 21.0 Å². The van der Waals surface area contributed by atoms with E-state index in [1.807, 2.05) is 0 Å². The molecule has 0 fully saturated rings. The molecular weight excluding hydrogens is 269 g/mol. The van der Waals surface area contributed by atoms with E-state index in [1.165, 1.54) is 18.2 Å². The molecule has 0 saturated carbocycles. The van der Waals surface area contributed by atoms with Gasteiger partial charge in [0.2, 0.25) is 5.69 Å². The fraction of sp³-hybridized carbons (Fsp3) is 0.167. The van der Waals surface area contributed by atoms with Crippen LogP contribution >= 0.6 is 0 Å². The van der Waals surface area contributed by atoms with Gasteiger partial charge in [-0.1, -0.05) is 11.3 Å². The Morgan fingerprint density at radius 2 is 1.90 bits per heavy atom. The molecule has 8 heteroatoms. The summed E-state index contributed by atoms with van der Waals surface area (Å²) in [7, 11) is 2.29. The van der Waals surface area contributed by atoms with Crippen molar-refractivity contribution in [1.82, 2.24) is 15.0 Å². The van der Waals surface area contributed by atoms with Crippen molar-refractivity contribution in [3.63, 3.8) is 0 Å². The van der Waals surface area contributed by atoms with Gasteiger partial charge in [0.1, 0.15) is 5.82 Å². The van der Waals surface area contributed by atoms with Crippen molar-refractivity contribution in [3.05, 3.63) is 41.5 Å². The van der Waals surface area contributed by atoms with Gasteiger partial charge in [-0.15, -0.1) is 5.10 Å². The Bertz CT molecular complexity index is 668. The summed E-state index contributed by atoms with van der Waals surface area (Å²) in [6.07, 6.45) is 0. The van der Waals surface area contributed by atoms with Gasteiger partial charge in [0.25, 0.3) is 0 Å². The first-order valence-corrected chi connectivity index (χ1v) is 5.46. The van der Waals surface area contributed by atoms with Gasteiger partial charge in [-0.25, -0.2) is 18.7 Å². The van der Waals surface area contributed by atoms with Crippen LogP contribution in [0.15, 0.2) is 24.3 Å². The molecule has 2 rings (SSSR count). The maximum Gasteiger partial charge on any atom is 0.361 e. The number of halogens is 1. The molecule has 0 aliphatic carbocycles. The van der Waals surface area contributed by atoms with Crippen molar-refractivity contribution in [1.29, 1.82) is 0 Å². The molecular formula is C12H10FN3O4. The van der Waals surface area contributed by atoms with Crippen LogP contribution in [0.25, 0.3) is 5.69 Å². The van der Waals surface area contributed by atoms with Gasteiger partial charge < -0.3 is 9.47 Å². The fourth-order valence-electron chi connectivity index (χ4n) is 1.58. The smallest absolute Gasteiger partial charge is 0.361 e. The summed E-state index contributed by atoms with van der Waals surface area (Å²) in [5, 5.41) is 7.24. The van der Waals surface area contributed by atoms with E-state index in [0.717, 1.165) is 25.0 Å². The highest BCUT2D eigenvalue weighted by molar-refractivity contribution is 6.00. The number of benzene rings is 1. The van der Waals surface area contributed by atoms with Crippen molar-refractivity contribution in [2.75, 3.05) is 14.2 Å². The van der Waals surface area contributed by atoms with Crippen molar-refractivity contribution in [3.8, 4) is 5.69 Å². The van der Waals surface area contributed by atoms with Crippen LogP contribution in [0.2, 0.25) is 0 Å². The highest BCUT2D eigenvalue weighted by Gasteiger charge is 2.27. The highest BCUT2D eigenvalue weighted by atomic mass is 19.1. The second-order valence-electron chi connectivity index (χ2n) is 3.66. The molecule has 1 aromatic carbocycles. The molecule has 0 unspecified atom stereocenters. The van der Waals surface area contributed by atoms with E-state index < -0.39 is 17.8 Å². The zero-order valence-corrected chi connectivity index (χ0v) is 10.7. The number of carbonyl (C=O) groups is 2. The molecule has 0 spiro atoms. The summed E-state index contributed by atoms with van der Waals surface area (Å²) in [6, 6.07) is 5.32. The van der Waals surface area contributed by atoms with E-state index in [0.29, 0.717) is 0 Å². The minimum atomic E-state index is -0.840. The molecule has 0 aliphatic heterocycles. The lowest BCUT2D eigenvalue weighted by Crippen LogP contribution is -2.15. The summed E-state index contributed by atoms with van der Waals surface area (Å²) < 4.78 is 23.3. The van der Waals surface area contributed by atoms with E-state index in [9.17, 15) is 14.0 Å². The van der Waals surface area contributed by atoms with E-state index in [4.69, 9.17) is 0 Å². The summed E-state index contributed by atoms with van der Waals surface area (Å²) in [5.74, 6) is -2.19. The Morgan fingerprint density at radius 1 is 1.20 bits per heavy atom. The van der Waals surface area contributed by atoms with Crippen molar-refractivity contribution in [2.24, 2.45) is 0 Å². The molecule has 0 N–H and O–H groups in total. The fourth-order valence-corrected chi connectivity index (χ4v) is 1.58. The van der Waals surface area contributed by atoms with Crippen molar-refractivity contribution >= 4 is 11.9 Å². The molecule has 0 radical (unpaired) electrons. The first kappa shape index (κ1) is 13.7. The van der Waals surface area contributed by atoms with Gasteiger partial charge >= 0.3 is 11.9 Å². The van der Waals surface area contributed by atoms with E-state index in [-0.39, 0.29) is 17.1 Å². The van der Waals surface area contributed by atoms with Gasteiger partial charge in [0, 0.05) is 0 Å². The minimum Gasteiger partial charge on any atom is -0.464 e. The molecule has 104 valence electrons. The zero-order chi connectivity index (χ0) is 14.7. The summed E-state index contributed by atoms with van der Waals surface area (Å²) in [5.41, 5.74) is -0.304. The normalized spacial score (nSPS) is 10.2. The number of nitrogens with zero attached hydrogens (tertiary/aromatic N) is 3. The molecule has 0 bridgehead atoms. The number of methoxy groups -OCH3 is 2. The van der Waals surface area contributed by atoms with Crippen molar-refractivity contribution < 1.29 is 23.5 Å². The van der Waals surface area contributed by atoms with Gasteiger partial charge in [-0.3, -0.25) is 0 Å². The minimum absolute atomic E-state index is 0.230. The molecule has 0 saturated heterocycles. The lowest BCUT2D eigenvalue weighted by atomic mass is 10.2. The summed E-state index contributed by atoms with van der Waals surface area (Å²) in [4.78, 5) is 23.3. The van der Waals surface area contributed by atoms with Crippen LogP contribution in [0.3, 0.4) is 0 Å². The molecule has 2 aromatic rings. The van der Waals surface area contributed by atoms with E-state index in [2.05, 4.69) is 19.8 Å². The molecule has 1 aromatic heterocycles. The number of carbonyl (C=O) groups excluding carboxylic acids is 2. The number of hydrogen-bond donors (Lipinski definition) is 0. The SMILES string of the molecule is COC(=O)c1nnn(-c2cccc(F)c2)c1C(=O)OC. The van der Waals surface area contributed by atoms with Crippen LogP contribution in [0, 0.1) is 5.82 Å². The van der Waals surface area contributed by atoms with Gasteiger partial charge in [-0.05, 0) is 18.2 Å². The van der Waals surface area contributed by atoms with Crippen LogP contribution in [0.5, 0.6) is 0 Å². The topological polar surface area (TPSA) is 83.3 Å².